The van der Waals surface area contributed by atoms with Gasteiger partial charge in [-0.2, -0.15) is 13.2 Å². The van der Waals surface area contributed by atoms with Crippen molar-refractivity contribution in [3.05, 3.63) is 35.9 Å². The van der Waals surface area contributed by atoms with Crippen molar-refractivity contribution in [2.45, 2.75) is 31.1 Å². The second kappa shape index (κ2) is 11.2. The Hall–Kier alpha value is -1.84. The minimum atomic E-state index is -4.14. The molecule has 0 spiro atoms. The molecule has 6 nitrogen and oxygen atoms in total. The first-order valence-corrected chi connectivity index (χ1v) is 11.1. The number of likely N-dealkylation sites (tertiary alicyclic amines) is 1. The topological polar surface area (TPSA) is 46.1 Å². The number of hydrogen-bond donors (Lipinski definition) is 2. The lowest BCUT2D eigenvalue weighted by molar-refractivity contribution is -0.143. The van der Waals surface area contributed by atoms with Crippen LogP contribution in [0.15, 0.2) is 35.3 Å². The van der Waals surface area contributed by atoms with Gasteiger partial charge in [0.2, 0.25) is 0 Å². The molecule has 2 fully saturated rings. The molecule has 1 aromatic carbocycles. The first-order chi connectivity index (χ1) is 14.8. The van der Waals surface area contributed by atoms with Crippen LogP contribution < -0.4 is 10.6 Å². The van der Waals surface area contributed by atoms with E-state index >= 15 is 0 Å². The highest BCUT2D eigenvalue weighted by molar-refractivity contribution is 5.79. The second-order valence-electron chi connectivity index (χ2n) is 8.56. The van der Waals surface area contributed by atoms with Crippen molar-refractivity contribution >= 4 is 5.96 Å². The molecule has 31 heavy (non-hydrogen) atoms. The summed E-state index contributed by atoms with van der Waals surface area (Å²) in [7, 11) is 3.87. The van der Waals surface area contributed by atoms with Crippen LogP contribution in [0, 0.1) is 0 Å². The molecule has 2 unspecified atom stereocenters. The van der Waals surface area contributed by atoms with Crippen LogP contribution in [-0.4, -0.2) is 99.3 Å². The molecule has 0 radical (unpaired) electrons. The molecule has 2 aliphatic rings. The maximum absolute atomic E-state index is 12.6. The molecule has 2 atom stereocenters. The van der Waals surface area contributed by atoms with E-state index in [4.69, 9.17) is 0 Å². The minimum absolute atomic E-state index is 0.00589. The van der Waals surface area contributed by atoms with Crippen LogP contribution in [0.2, 0.25) is 0 Å². The van der Waals surface area contributed by atoms with Gasteiger partial charge in [0.05, 0.1) is 6.54 Å². The first-order valence-electron chi connectivity index (χ1n) is 11.1. The number of nitrogens with one attached hydrogen (secondary N) is 2. The van der Waals surface area contributed by atoms with Gasteiger partial charge < -0.3 is 15.5 Å². The third-order valence-corrected chi connectivity index (χ3v) is 6.03. The van der Waals surface area contributed by atoms with Gasteiger partial charge in [-0.3, -0.25) is 14.8 Å². The zero-order chi connectivity index (χ0) is 22.3. The summed E-state index contributed by atoms with van der Waals surface area (Å²) in [6, 6.07) is 11.0. The van der Waals surface area contributed by atoms with Gasteiger partial charge in [0.1, 0.15) is 0 Å². The lowest BCUT2D eigenvalue weighted by atomic mass is 10.0. The van der Waals surface area contributed by atoms with Crippen LogP contribution in [-0.2, 0) is 0 Å². The normalized spacial score (nSPS) is 24.5. The summed E-state index contributed by atoms with van der Waals surface area (Å²) in [4.78, 5) is 10.6. The third-order valence-electron chi connectivity index (χ3n) is 6.03. The summed E-state index contributed by atoms with van der Waals surface area (Å²) in [6.45, 7) is 4.89. The van der Waals surface area contributed by atoms with Crippen molar-refractivity contribution in [3.63, 3.8) is 0 Å². The Morgan fingerprint density at radius 1 is 1.13 bits per heavy atom. The fourth-order valence-corrected chi connectivity index (χ4v) is 4.44. The average Bonchev–Trinajstić information content (AvgIpc) is 3.16. The maximum atomic E-state index is 12.6. The number of benzene rings is 1. The molecule has 1 aromatic rings. The Labute approximate surface area is 183 Å². The van der Waals surface area contributed by atoms with Crippen molar-refractivity contribution in [2.24, 2.45) is 4.99 Å². The molecule has 2 saturated heterocycles. The number of piperazine rings is 1. The molecule has 0 aliphatic carbocycles. The van der Waals surface area contributed by atoms with E-state index in [0.717, 1.165) is 39.1 Å². The predicted molar refractivity (Wildman–Crippen MR) is 118 cm³/mol. The molecular formula is C22H35F3N6. The molecule has 9 heteroatoms. The molecule has 2 aliphatic heterocycles. The molecule has 2 N–H and O–H groups in total. The van der Waals surface area contributed by atoms with Crippen LogP contribution in [0.25, 0.3) is 0 Å². The quantitative estimate of drug-likeness (QED) is 0.387. The number of halogens is 3. The Morgan fingerprint density at radius 2 is 1.90 bits per heavy atom. The van der Waals surface area contributed by atoms with Gasteiger partial charge in [0.15, 0.2) is 5.96 Å². The van der Waals surface area contributed by atoms with Crippen molar-refractivity contribution in [1.29, 1.82) is 0 Å². The third kappa shape index (κ3) is 7.66. The minimum Gasteiger partial charge on any atom is -0.356 e. The SMILES string of the molecule is CN=C(NCCCN1CCN(C)CC1c1ccccc1)NC1CCN(CC(F)(F)F)C1. The zero-order valence-corrected chi connectivity index (χ0v) is 18.5. The molecule has 3 rings (SSSR count). The number of guanidine groups is 1. The fourth-order valence-electron chi connectivity index (χ4n) is 4.44. The highest BCUT2D eigenvalue weighted by Crippen LogP contribution is 2.24. The summed E-state index contributed by atoms with van der Waals surface area (Å²) < 4.78 is 37.7. The van der Waals surface area contributed by atoms with E-state index in [1.54, 1.807) is 7.05 Å². The number of hydrogen-bond acceptors (Lipinski definition) is 4. The number of rotatable bonds is 7. The monoisotopic (exact) mass is 440 g/mol. The van der Waals surface area contributed by atoms with Crippen LogP contribution in [0.4, 0.5) is 13.2 Å². The summed E-state index contributed by atoms with van der Waals surface area (Å²) >= 11 is 0. The molecule has 0 bridgehead atoms. The number of alkyl halides is 3. The Balaban J connectivity index is 1.41. The van der Waals surface area contributed by atoms with Gasteiger partial charge in [-0.05, 0) is 25.5 Å². The smallest absolute Gasteiger partial charge is 0.356 e. The van der Waals surface area contributed by atoms with Gasteiger partial charge >= 0.3 is 6.18 Å². The van der Waals surface area contributed by atoms with E-state index in [1.165, 1.54) is 10.5 Å². The largest absolute Gasteiger partial charge is 0.401 e. The van der Waals surface area contributed by atoms with Gasteiger partial charge in [0, 0.05) is 64.9 Å². The van der Waals surface area contributed by atoms with Crippen LogP contribution in [0.1, 0.15) is 24.4 Å². The van der Waals surface area contributed by atoms with E-state index in [2.05, 4.69) is 62.8 Å². The molecular weight excluding hydrogens is 405 g/mol. The van der Waals surface area contributed by atoms with Crippen molar-refractivity contribution in [3.8, 4) is 0 Å². The van der Waals surface area contributed by atoms with Crippen LogP contribution in [0.3, 0.4) is 0 Å². The number of aliphatic imine (C=N–C) groups is 1. The highest BCUT2D eigenvalue weighted by Gasteiger charge is 2.34. The van der Waals surface area contributed by atoms with Gasteiger partial charge in [-0.25, -0.2) is 0 Å². The lowest BCUT2D eigenvalue weighted by Gasteiger charge is -2.40. The lowest BCUT2D eigenvalue weighted by Crippen LogP contribution is -2.48. The van der Waals surface area contributed by atoms with Crippen LogP contribution in [0.5, 0.6) is 0 Å². The average molecular weight is 441 g/mol. The number of likely N-dealkylation sites (N-methyl/N-ethyl adjacent to an activating group) is 1. The summed E-state index contributed by atoms with van der Waals surface area (Å²) in [5.41, 5.74) is 1.35. The van der Waals surface area contributed by atoms with E-state index in [1.807, 2.05) is 0 Å². The fraction of sp³-hybridized carbons (Fsp3) is 0.682. The molecule has 0 aromatic heterocycles. The van der Waals surface area contributed by atoms with Crippen molar-refractivity contribution in [2.75, 3.05) is 66.5 Å². The van der Waals surface area contributed by atoms with E-state index in [0.29, 0.717) is 31.5 Å². The van der Waals surface area contributed by atoms with Gasteiger partial charge in [0.25, 0.3) is 0 Å². The predicted octanol–water partition coefficient (Wildman–Crippen LogP) is 2.17. The van der Waals surface area contributed by atoms with Gasteiger partial charge in [-0.15, -0.1) is 0 Å². The summed E-state index contributed by atoms with van der Waals surface area (Å²) in [6.07, 6.45) is -2.48. The first kappa shape index (κ1) is 23.8. The van der Waals surface area contributed by atoms with Crippen molar-refractivity contribution in [1.82, 2.24) is 25.3 Å². The van der Waals surface area contributed by atoms with E-state index in [-0.39, 0.29) is 6.04 Å². The standard InChI is InChI=1S/C22H35F3N6/c1-26-21(28-19-9-12-30(15-19)17-22(23,24)25)27-10-6-11-31-14-13-29(2)16-20(31)18-7-4-3-5-8-18/h3-5,7-8,19-20H,6,9-17H2,1-2H3,(H2,26,27,28). The second-order valence-corrected chi connectivity index (χ2v) is 8.56. The van der Waals surface area contributed by atoms with Crippen molar-refractivity contribution < 1.29 is 13.2 Å². The zero-order valence-electron chi connectivity index (χ0n) is 18.5. The Morgan fingerprint density at radius 3 is 2.61 bits per heavy atom. The molecule has 2 heterocycles. The molecule has 0 saturated carbocycles. The van der Waals surface area contributed by atoms with E-state index < -0.39 is 12.7 Å². The van der Waals surface area contributed by atoms with Gasteiger partial charge in [-0.1, -0.05) is 30.3 Å². The Kier molecular flexibility index (Phi) is 8.57. The Bertz CT molecular complexity index is 696. The maximum Gasteiger partial charge on any atom is 0.401 e. The summed E-state index contributed by atoms with van der Waals surface area (Å²) in [5.74, 6) is 0.664. The summed E-state index contributed by atoms with van der Waals surface area (Å²) in [5, 5.41) is 6.59. The number of nitrogens with zero attached hydrogens (tertiary/aromatic N) is 4. The molecule has 0 amide bonds. The van der Waals surface area contributed by atoms with E-state index in [9.17, 15) is 13.2 Å². The molecule has 174 valence electrons. The van der Waals surface area contributed by atoms with Crippen LogP contribution >= 0.6 is 0 Å². The highest BCUT2D eigenvalue weighted by atomic mass is 19.4.